The first-order valence-corrected chi connectivity index (χ1v) is 5.54. The van der Waals surface area contributed by atoms with Gasteiger partial charge >= 0.3 is 6.03 Å². The molecule has 0 radical (unpaired) electrons. The van der Waals surface area contributed by atoms with E-state index in [-0.39, 0.29) is 6.03 Å². The van der Waals surface area contributed by atoms with Crippen LogP contribution in [0, 0.1) is 0 Å². The molecule has 0 aliphatic carbocycles. The molecule has 0 saturated heterocycles. The highest BCUT2D eigenvalue weighted by molar-refractivity contribution is 5.98. The van der Waals surface area contributed by atoms with Gasteiger partial charge < -0.3 is 14.6 Å². The average molecular weight is 245 g/mol. The van der Waals surface area contributed by atoms with Gasteiger partial charge in [0.2, 0.25) is 5.88 Å². The first-order chi connectivity index (χ1) is 8.65. The van der Waals surface area contributed by atoms with Crippen molar-refractivity contribution in [2.24, 2.45) is 0 Å². The molecule has 0 spiro atoms. The van der Waals surface area contributed by atoms with Crippen LogP contribution in [0.15, 0.2) is 47.1 Å². The van der Waals surface area contributed by atoms with Gasteiger partial charge in [0.15, 0.2) is 0 Å². The standard InChI is InChI=1S/C13H15N3O2/c1-16(2)11-7-5-10(6-8-11)14-13(17)15-12-4-3-9-18-12/h3-9H,1-2H3,(H2,14,15,17). The number of benzene rings is 1. The summed E-state index contributed by atoms with van der Waals surface area (Å²) in [6.07, 6.45) is 1.50. The Bertz CT molecular complexity index is 504. The summed E-state index contributed by atoms with van der Waals surface area (Å²) < 4.78 is 5.01. The minimum Gasteiger partial charge on any atom is -0.449 e. The number of furan rings is 1. The number of amides is 2. The third-order valence-corrected chi connectivity index (χ3v) is 2.40. The summed E-state index contributed by atoms with van der Waals surface area (Å²) in [5.41, 5.74) is 1.80. The lowest BCUT2D eigenvalue weighted by molar-refractivity contribution is 0.261. The molecule has 5 heteroatoms. The molecule has 2 N–H and O–H groups in total. The number of urea groups is 1. The fraction of sp³-hybridized carbons (Fsp3) is 0.154. The second-order valence-corrected chi connectivity index (χ2v) is 4.00. The number of hydrogen-bond acceptors (Lipinski definition) is 3. The number of nitrogens with one attached hydrogen (secondary N) is 2. The molecule has 18 heavy (non-hydrogen) atoms. The van der Waals surface area contributed by atoms with Crippen LogP contribution in [0.4, 0.5) is 22.1 Å². The van der Waals surface area contributed by atoms with Crippen LogP contribution >= 0.6 is 0 Å². The van der Waals surface area contributed by atoms with Crippen molar-refractivity contribution < 1.29 is 9.21 Å². The van der Waals surface area contributed by atoms with E-state index in [9.17, 15) is 4.79 Å². The predicted octanol–water partition coefficient (Wildman–Crippen LogP) is 2.99. The number of carbonyl (C=O) groups is 1. The van der Waals surface area contributed by atoms with E-state index >= 15 is 0 Å². The van der Waals surface area contributed by atoms with Crippen molar-refractivity contribution in [2.45, 2.75) is 0 Å². The summed E-state index contributed by atoms with van der Waals surface area (Å²) in [7, 11) is 3.93. The first-order valence-electron chi connectivity index (χ1n) is 5.54. The van der Waals surface area contributed by atoms with E-state index in [1.807, 2.05) is 43.3 Å². The number of hydrogen-bond donors (Lipinski definition) is 2. The summed E-state index contributed by atoms with van der Waals surface area (Å²) >= 11 is 0. The molecule has 2 amide bonds. The van der Waals surface area contributed by atoms with Crippen LogP contribution in [0.3, 0.4) is 0 Å². The highest BCUT2D eigenvalue weighted by atomic mass is 16.3. The second-order valence-electron chi connectivity index (χ2n) is 4.00. The molecule has 2 rings (SSSR count). The van der Waals surface area contributed by atoms with Crippen molar-refractivity contribution in [3.63, 3.8) is 0 Å². The quantitative estimate of drug-likeness (QED) is 0.874. The zero-order valence-electron chi connectivity index (χ0n) is 10.3. The molecule has 1 aromatic heterocycles. The third-order valence-electron chi connectivity index (χ3n) is 2.40. The van der Waals surface area contributed by atoms with Crippen molar-refractivity contribution in [2.75, 3.05) is 29.6 Å². The number of rotatable bonds is 3. The van der Waals surface area contributed by atoms with Gasteiger partial charge in [0, 0.05) is 31.5 Å². The second kappa shape index (κ2) is 5.27. The van der Waals surface area contributed by atoms with Crippen molar-refractivity contribution in [1.29, 1.82) is 0 Å². The summed E-state index contributed by atoms with van der Waals surface area (Å²) in [6, 6.07) is 10.6. The molecule has 1 heterocycles. The van der Waals surface area contributed by atoms with Crippen LogP contribution in [-0.4, -0.2) is 20.1 Å². The SMILES string of the molecule is CN(C)c1ccc(NC(=O)Nc2ccco2)cc1. The lowest BCUT2D eigenvalue weighted by Gasteiger charge is -2.13. The molecule has 0 unspecified atom stereocenters. The summed E-state index contributed by atoms with van der Waals surface area (Å²) in [5.74, 6) is 0.414. The van der Waals surface area contributed by atoms with E-state index in [0.717, 1.165) is 11.4 Å². The Morgan fingerprint density at radius 1 is 1.11 bits per heavy atom. The van der Waals surface area contributed by atoms with Crippen molar-refractivity contribution >= 4 is 23.3 Å². The monoisotopic (exact) mass is 245 g/mol. The fourth-order valence-corrected chi connectivity index (χ4v) is 1.47. The maximum absolute atomic E-state index is 11.6. The van der Waals surface area contributed by atoms with Gasteiger partial charge in [0.25, 0.3) is 0 Å². The van der Waals surface area contributed by atoms with E-state index in [4.69, 9.17) is 4.42 Å². The van der Waals surface area contributed by atoms with E-state index < -0.39 is 0 Å². The molecule has 2 aromatic rings. The minimum atomic E-state index is -0.331. The molecule has 0 aliphatic heterocycles. The molecule has 0 saturated carbocycles. The highest BCUT2D eigenvalue weighted by Crippen LogP contribution is 2.16. The Morgan fingerprint density at radius 2 is 1.83 bits per heavy atom. The Labute approximate surface area is 105 Å². The molecule has 5 nitrogen and oxygen atoms in total. The fourth-order valence-electron chi connectivity index (χ4n) is 1.47. The third kappa shape index (κ3) is 3.04. The number of nitrogens with zero attached hydrogens (tertiary/aromatic N) is 1. The Hall–Kier alpha value is -2.43. The summed E-state index contributed by atoms with van der Waals surface area (Å²) in [6.45, 7) is 0. The van der Waals surface area contributed by atoms with Crippen LogP contribution in [0.2, 0.25) is 0 Å². The van der Waals surface area contributed by atoms with Gasteiger partial charge in [-0.05, 0) is 30.3 Å². The Kier molecular flexibility index (Phi) is 3.52. The van der Waals surface area contributed by atoms with Gasteiger partial charge in [0.1, 0.15) is 0 Å². The normalized spacial score (nSPS) is 9.89. The van der Waals surface area contributed by atoms with Gasteiger partial charge in [-0.15, -0.1) is 0 Å². The van der Waals surface area contributed by atoms with Gasteiger partial charge in [-0.25, -0.2) is 4.79 Å². The van der Waals surface area contributed by atoms with Gasteiger partial charge in [-0.2, -0.15) is 0 Å². The Morgan fingerprint density at radius 3 is 2.39 bits per heavy atom. The molecular weight excluding hydrogens is 230 g/mol. The smallest absolute Gasteiger partial charge is 0.326 e. The highest BCUT2D eigenvalue weighted by Gasteiger charge is 2.04. The van der Waals surface area contributed by atoms with E-state index in [2.05, 4.69) is 10.6 Å². The van der Waals surface area contributed by atoms with Gasteiger partial charge in [0.05, 0.1) is 6.26 Å². The van der Waals surface area contributed by atoms with Crippen LogP contribution in [0.5, 0.6) is 0 Å². The maximum atomic E-state index is 11.6. The van der Waals surface area contributed by atoms with Gasteiger partial charge in [-0.1, -0.05) is 0 Å². The van der Waals surface area contributed by atoms with E-state index in [1.165, 1.54) is 6.26 Å². The zero-order chi connectivity index (χ0) is 13.0. The molecule has 0 aliphatic rings. The molecule has 94 valence electrons. The molecule has 0 atom stereocenters. The predicted molar refractivity (Wildman–Crippen MR) is 72.1 cm³/mol. The summed E-state index contributed by atoms with van der Waals surface area (Å²) in [5, 5.41) is 5.30. The molecule has 0 fully saturated rings. The largest absolute Gasteiger partial charge is 0.449 e. The summed E-state index contributed by atoms with van der Waals surface area (Å²) in [4.78, 5) is 13.6. The maximum Gasteiger partial charge on any atom is 0.326 e. The molecule has 1 aromatic carbocycles. The zero-order valence-corrected chi connectivity index (χ0v) is 10.3. The number of anilines is 3. The lowest BCUT2D eigenvalue weighted by atomic mass is 10.2. The van der Waals surface area contributed by atoms with Crippen molar-refractivity contribution in [3.8, 4) is 0 Å². The van der Waals surface area contributed by atoms with Crippen molar-refractivity contribution in [3.05, 3.63) is 42.7 Å². The average Bonchev–Trinajstić information content (AvgIpc) is 2.82. The molecule has 0 bridgehead atoms. The minimum absolute atomic E-state index is 0.331. The van der Waals surface area contributed by atoms with E-state index in [0.29, 0.717) is 5.88 Å². The first kappa shape index (κ1) is 12.0. The van der Waals surface area contributed by atoms with E-state index in [1.54, 1.807) is 12.1 Å². The lowest BCUT2D eigenvalue weighted by Crippen LogP contribution is -2.19. The Balaban J connectivity index is 1.95. The number of carbonyl (C=O) groups excluding carboxylic acids is 1. The van der Waals surface area contributed by atoms with Gasteiger partial charge in [-0.3, -0.25) is 5.32 Å². The molecular formula is C13H15N3O2. The van der Waals surface area contributed by atoms with Crippen LogP contribution < -0.4 is 15.5 Å². The van der Waals surface area contributed by atoms with Crippen LogP contribution in [-0.2, 0) is 0 Å². The van der Waals surface area contributed by atoms with Crippen LogP contribution in [0.1, 0.15) is 0 Å². The van der Waals surface area contributed by atoms with Crippen molar-refractivity contribution in [1.82, 2.24) is 0 Å². The topological polar surface area (TPSA) is 57.5 Å². The van der Waals surface area contributed by atoms with Crippen LogP contribution in [0.25, 0.3) is 0 Å².